The van der Waals surface area contributed by atoms with E-state index in [1.807, 2.05) is 0 Å². The highest BCUT2D eigenvalue weighted by atomic mass is 32.2. The van der Waals surface area contributed by atoms with E-state index in [1.54, 1.807) is 43.3 Å². The van der Waals surface area contributed by atoms with Crippen LogP contribution in [0.2, 0.25) is 0 Å². The van der Waals surface area contributed by atoms with Crippen molar-refractivity contribution in [2.24, 2.45) is 5.73 Å². The maximum Gasteiger partial charge on any atom is 0.326 e. The summed E-state index contributed by atoms with van der Waals surface area (Å²) in [5, 5.41) is 11.9. The summed E-state index contributed by atoms with van der Waals surface area (Å²) in [6.07, 6.45) is 2.12. The van der Waals surface area contributed by atoms with Gasteiger partial charge in [0.05, 0.1) is 6.04 Å². The number of nitrogens with two attached hydrogens (primary N) is 1. The molecule has 0 aromatic heterocycles. The van der Waals surface area contributed by atoms with Crippen molar-refractivity contribution in [3.05, 3.63) is 29.8 Å². The van der Waals surface area contributed by atoms with E-state index in [1.165, 1.54) is 0 Å². The number of halogens is 1. The Kier molecular flexibility index (Phi) is 10.0. The molecule has 1 amide bonds. The molecule has 0 bridgehead atoms. The molecule has 146 valence electrons. The minimum Gasteiger partial charge on any atom is -0.480 e. The lowest BCUT2D eigenvalue weighted by atomic mass is 10.0. The molecule has 1 rings (SSSR count). The number of carbonyl (C=O) groups excluding carboxylic acids is 1. The Morgan fingerprint density at radius 1 is 1.27 bits per heavy atom. The van der Waals surface area contributed by atoms with Gasteiger partial charge in [-0.05, 0) is 64.0 Å². The standard InChI is InChI=1S/C17H27FN4O3S/c1-22(2)15(11-12-6-8-13(9-7-12)21-26-18)16(23)20-14(17(24)25)5-3-4-10-19/h6-9,14-15,21H,3-5,10-11,19H2,1-2H3,(H,20,23)(H,24,25). The summed E-state index contributed by atoms with van der Waals surface area (Å²) in [6, 6.07) is 5.61. The van der Waals surface area contributed by atoms with Gasteiger partial charge < -0.3 is 20.9 Å². The molecule has 1 aromatic rings. The fraction of sp³-hybridized carbons (Fsp3) is 0.529. The smallest absolute Gasteiger partial charge is 0.326 e. The summed E-state index contributed by atoms with van der Waals surface area (Å²) in [4.78, 5) is 25.7. The molecule has 9 heteroatoms. The average molecular weight is 386 g/mol. The molecule has 7 nitrogen and oxygen atoms in total. The lowest BCUT2D eigenvalue weighted by molar-refractivity contribution is -0.142. The van der Waals surface area contributed by atoms with Crippen molar-refractivity contribution in [3.63, 3.8) is 0 Å². The molecule has 0 saturated carbocycles. The molecule has 0 aliphatic rings. The Hall–Kier alpha value is -1.84. The van der Waals surface area contributed by atoms with Crippen LogP contribution in [-0.4, -0.2) is 54.6 Å². The SMILES string of the molecule is CN(C)C(Cc1ccc(NSF)cc1)C(=O)NC(CCCCN)C(=O)O. The first-order chi connectivity index (χ1) is 12.4. The van der Waals surface area contributed by atoms with E-state index in [4.69, 9.17) is 5.73 Å². The largest absolute Gasteiger partial charge is 0.480 e. The zero-order valence-electron chi connectivity index (χ0n) is 15.1. The zero-order valence-corrected chi connectivity index (χ0v) is 15.9. The fourth-order valence-electron chi connectivity index (χ4n) is 2.50. The van der Waals surface area contributed by atoms with Gasteiger partial charge in [-0.3, -0.25) is 9.69 Å². The Balaban J connectivity index is 2.74. The quantitative estimate of drug-likeness (QED) is 0.320. The summed E-state index contributed by atoms with van der Waals surface area (Å²) in [5.74, 6) is -1.39. The predicted molar refractivity (Wildman–Crippen MR) is 102 cm³/mol. The minimum atomic E-state index is -1.05. The Morgan fingerprint density at radius 3 is 2.42 bits per heavy atom. The molecular formula is C17H27FN4O3S. The Labute approximate surface area is 157 Å². The van der Waals surface area contributed by atoms with Gasteiger partial charge in [0.2, 0.25) is 5.91 Å². The number of carboxylic acid groups (broad SMARTS) is 1. The van der Waals surface area contributed by atoms with Crippen LogP contribution in [0.15, 0.2) is 24.3 Å². The van der Waals surface area contributed by atoms with E-state index >= 15 is 0 Å². The third kappa shape index (κ3) is 7.59. The van der Waals surface area contributed by atoms with Crippen molar-refractivity contribution < 1.29 is 18.6 Å². The van der Waals surface area contributed by atoms with Crippen molar-refractivity contribution in [1.29, 1.82) is 0 Å². The molecular weight excluding hydrogens is 359 g/mol. The van der Waals surface area contributed by atoms with Crippen LogP contribution >= 0.6 is 12.3 Å². The number of nitrogens with zero attached hydrogens (tertiary/aromatic N) is 1. The number of carboxylic acids is 1. The molecule has 0 saturated heterocycles. The Bertz CT molecular complexity index is 572. The van der Waals surface area contributed by atoms with E-state index < -0.39 is 18.1 Å². The number of rotatable bonds is 12. The van der Waals surface area contributed by atoms with E-state index in [0.717, 1.165) is 5.56 Å². The van der Waals surface area contributed by atoms with Crippen molar-refractivity contribution in [3.8, 4) is 0 Å². The van der Waals surface area contributed by atoms with Crippen LogP contribution in [0.4, 0.5) is 9.57 Å². The number of likely N-dealkylation sites (N-methyl/N-ethyl adjacent to an activating group) is 1. The zero-order chi connectivity index (χ0) is 19.5. The molecule has 2 unspecified atom stereocenters. The number of unbranched alkanes of at least 4 members (excludes halogenated alkanes) is 1. The molecule has 0 radical (unpaired) electrons. The highest BCUT2D eigenvalue weighted by Gasteiger charge is 2.26. The molecule has 5 N–H and O–H groups in total. The van der Waals surface area contributed by atoms with Gasteiger partial charge in [0, 0.05) is 5.69 Å². The van der Waals surface area contributed by atoms with E-state index in [2.05, 4.69) is 10.0 Å². The predicted octanol–water partition coefficient (Wildman–Crippen LogP) is 1.80. The second-order valence-corrected chi connectivity index (χ2v) is 6.60. The van der Waals surface area contributed by atoms with Crippen LogP contribution in [0, 0.1) is 0 Å². The van der Waals surface area contributed by atoms with E-state index in [0.29, 0.717) is 37.9 Å². The highest BCUT2D eigenvalue weighted by molar-refractivity contribution is 7.95. The topological polar surface area (TPSA) is 108 Å². The number of carbonyl (C=O) groups is 2. The van der Waals surface area contributed by atoms with Crippen molar-refractivity contribution >= 4 is 29.9 Å². The maximum atomic E-state index is 12.6. The number of amides is 1. The minimum absolute atomic E-state index is 0.0160. The van der Waals surface area contributed by atoms with Crippen LogP contribution in [0.1, 0.15) is 24.8 Å². The van der Waals surface area contributed by atoms with Gasteiger partial charge in [-0.2, -0.15) is 0 Å². The molecule has 2 atom stereocenters. The number of hydrogen-bond acceptors (Lipinski definition) is 6. The van der Waals surface area contributed by atoms with Crippen LogP contribution in [0.25, 0.3) is 0 Å². The molecule has 26 heavy (non-hydrogen) atoms. The van der Waals surface area contributed by atoms with E-state index in [-0.39, 0.29) is 18.2 Å². The van der Waals surface area contributed by atoms with E-state index in [9.17, 15) is 18.6 Å². The van der Waals surface area contributed by atoms with Crippen molar-refractivity contribution in [1.82, 2.24) is 10.2 Å². The lowest BCUT2D eigenvalue weighted by Crippen LogP contribution is -2.50. The Morgan fingerprint density at radius 2 is 1.92 bits per heavy atom. The van der Waals surface area contributed by atoms with Crippen LogP contribution in [0.3, 0.4) is 0 Å². The van der Waals surface area contributed by atoms with Crippen LogP contribution in [-0.2, 0) is 16.0 Å². The fourth-order valence-corrected chi connectivity index (χ4v) is 2.73. The maximum absolute atomic E-state index is 12.6. The lowest BCUT2D eigenvalue weighted by Gasteiger charge is -2.25. The average Bonchev–Trinajstić information content (AvgIpc) is 2.60. The van der Waals surface area contributed by atoms with Gasteiger partial charge in [-0.1, -0.05) is 12.1 Å². The number of aliphatic carboxylic acids is 1. The second kappa shape index (κ2) is 11.7. The van der Waals surface area contributed by atoms with Crippen molar-refractivity contribution in [2.75, 3.05) is 25.4 Å². The van der Waals surface area contributed by atoms with Gasteiger partial charge in [0.1, 0.15) is 6.04 Å². The molecule has 0 aliphatic carbocycles. The summed E-state index contributed by atoms with van der Waals surface area (Å²) in [7, 11) is 3.54. The van der Waals surface area contributed by atoms with Gasteiger partial charge in [-0.15, -0.1) is 3.89 Å². The number of nitrogens with one attached hydrogen (secondary N) is 2. The third-order valence-corrected chi connectivity index (χ3v) is 4.34. The summed E-state index contributed by atoms with van der Waals surface area (Å²) < 4.78 is 14.7. The third-order valence-electron chi connectivity index (χ3n) is 4.03. The highest BCUT2D eigenvalue weighted by Crippen LogP contribution is 2.16. The first kappa shape index (κ1) is 22.2. The first-order valence-electron chi connectivity index (χ1n) is 8.41. The van der Waals surface area contributed by atoms with Gasteiger partial charge in [0.25, 0.3) is 0 Å². The number of anilines is 1. The molecule has 1 aromatic carbocycles. The number of benzene rings is 1. The molecule has 0 fully saturated rings. The van der Waals surface area contributed by atoms with Gasteiger partial charge in [0.15, 0.2) is 12.3 Å². The van der Waals surface area contributed by atoms with Gasteiger partial charge in [-0.25, -0.2) is 4.79 Å². The van der Waals surface area contributed by atoms with Crippen LogP contribution < -0.4 is 15.8 Å². The first-order valence-corrected chi connectivity index (χ1v) is 9.13. The summed E-state index contributed by atoms with van der Waals surface area (Å²) in [5.41, 5.74) is 6.94. The van der Waals surface area contributed by atoms with Crippen LogP contribution in [0.5, 0.6) is 0 Å². The second-order valence-electron chi connectivity index (χ2n) is 6.24. The summed E-state index contributed by atoms with van der Waals surface area (Å²) in [6.45, 7) is 0.492. The monoisotopic (exact) mass is 386 g/mol. The van der Waals surface area contributed by atoms with Crippen molar-refractivity contribution in [2.45, 2.75) is 37.8 Å². The summed E-state index contributed by atoms with van der Waals surface area (Å²) >= 11 is 0.0160. The number of hydrogen-bond donors (Lipinski definition) is 4. The normalized spacial score (nSPS) is 13.3. The molecule has 0 heterocycles. The molecule has 0 aliphatic heterocycles. The molecule has 0 spiro atoms. The van der Waals surface area contributed by atoms with Gasteiger partial charge >= 0.3 is 5.97 Å².